The second-order valence-corrected chi connectivity index (χ2v) is 18.5. The second kappa shape index (κ2) is 19.7. The minimum Gasteiger partial charge on any atom is -0.444 e. The third-order valence-electron chi connectivity index (χ3n) is 10.0. The number of hydrogen-bond donors (Lipinski definition) is 0. The number of nitrogens with zero attached hydrogens (tertiary/aromatic N) is 1. The molecule has 0 aliphatic carbocycles. The molecule has 1 amide bonds. The fourth-order valence-electron chi connectivity index (χ4n) is 7.32. The Morgan fingerprint density at radius 1 is 0.655 bits per heavy atom. The maximum absolute atomic E-state index is 14.4. The third kappa shape index (κ3) is 12.4. The molecule has 6 atom stereocenters. The molecular weight excluding hydrogens is 759 g/mol. The van der Waals surface area contributed by atoms with E-state index in [1.54, 1.807) is 34.6 Å². The van der Waals surface area contributed by atoms with Crippen molar-refractivity contribution in [2.75, 3.05) is 24.7 Å². The number of carbonyl (C=O) groups is 1. The molecule has 0 N–H and O–H groups in total. The average Bonchev–Trinajstić information content (AvgIpc) is 3.49. The molecule has 0 radical (unpaired) electrons. The topological polar surface area (TPSA) is 119 Å². The fourth-order valence-corrected chi connectivity index (χ4v) is 9.05. The van der Waals surface area contributed by atoms with Crippen LogP contribution >= 0.6 is 0 Å². The molecule has 2 heterocycles. The van der Waals surface area contributed by atoms with E-state index in [-0.39, 0.29) is 38.8 Å². The van der Waals surface area contributed by atoms with Crippen molar-refractivity contribution in [3.8, 4) is 0 Å². The predicted octanol–water partition coefficient (Wildman–Crippen LogP) is 7.51. The summed E-state index contributed by atoms with van der Waals surface area (Å²) in [7, 11) is -3.96. The van der Waals surface area contributed by atoms with Gasteiger partial charge in [0.15, 0.2) is 9.84 Å². The van der Waals surface area contributed by atoms with Gasteiger partial charge in [-0.3, -0.25) is 4.90 Å². The van der Waals surface area contributed by atoms with Crippen molar-refractivity contribution < 1.29 is 46.4 Å². The van der Waals surface area contributed by atoms with E-state index >= 15 is 0 Å². The Morgan fingerprint density at radius 2 is 1.09 bits per heavy atom. The lowest BCUT2D eigenvalue weighted by Crippen LogP contribution is -2.62. The van der Waals surface area contributed by atoms with Crippen molar-refractivity contribution in [3.05, 3.63) is 144 Å². The highest BCUT2D eigenvalue weighted by Gasteiger charge is 2.51. The first-order chi connectivity index (χ1) is 27.8. The van der Waals surface area contributed by atoms with E-state index in [0.717, 1.165) is 22.3 Å². The monoisotopic (exact) mass is 815 g/mol. The third-order valence-corrected chi connectivity index (χ3v) is 11.7. The van der Waals surface area contributed by atoms with Gasteiger partial charge in [-0.1, -0.05) is 121 Å². The lowest BCUT2D eigenvalue weighted by molar-refractivity contribution is -0.268. The van der Waals surface area contributed by atoms with Gasteiger partial charge in [0, 0.05) is 0 Å². The zero-order valence-electron chi connectivity index (χ0n) is 34.1. The molecule has 4 aromatic carbocycles. The quantitative estimate of drug-likeness (QED) is 0.106. The van der Waals surface area contributed by atoms with E-state index in [0.29, 0.717) is 6.61 Å². The summed E-state index contributed by atoms with van der Waals surface area (Å²) >= 11 is 0. The molecule has 11 nitrogen and oxygen atoms in total. The summed E-state index contributed by atoms with van der Waals surface area (Å²) in [5.74, 6) is -0.795. The molecule has 2 saturated heterocycles. The Bertz CT molecular complexity index is 1960. The van der Waals surface area contributed by atoms with Gasteiger partial charge in [-0.05, 0) is 56.9 Å². The number of sulfone groups is 1. The van der Waals surface area contributed by atoms with Gasteiger partial charge in [0.25, 0.3) is 0 Å². The standard InChI is InChI=1S/C46H57NO10S/c1-45(2,3)57-44(48)47-38(30-55-46(47,4)5)32-58(49,50)33-40-42(53-28-36-22-14-8-15-23-36)43(54-29-37-24-16-9-17-25-37)41(52-27-35-20-12-7-13-21-35)39(56-40)31-51-26-34-18-10-6-11-19-34/h6-25,38-43H,26-33H2,1-5H3/t38-,39+,40-,41+,42-,43-/m0/s1. The largest absolute Gasteiger partial charge is 0.444 e. The van der Waals surface area contributed by atoms with Crippen LogP contribution < -0.4 is 0 Å². The summed E-state index contributed by atoms with van der Waals surface area (Å²) < 4.78 is 73.9. The zero-order valence-corrected chi connectivity index (χ0v) is 34.9. The lowest BCUT2D eigenvalue weighted by Gasteiger charge is -2.46. The molecule has 0 unspecified atom stereocenters. The van der Waals surface area contributed by atoms with Gasteiger partial charge >= 0.3 is 6.09 Å². The van der Waals surface area contributed by atoms with Gasteiger partial charge in [0.1, 0.15) is 41.8 Å². The van der Waals surface area contributed by atoms with Crippen molar-refractivity contribution in [1.82, 2.24) is 4.90 Å². The van der Waals surface area contributed by atoms with Gasteiger partial charge in [0.2, 0.25) is 0 Å². The molecule has 4 aromatic rings. The van der Waals surface area contributed by atoms with Crippen molar-refractivity contribution >= 4 is 15.9 Å². The minimum absolute atomic E-state index is 0.0269. The SMILES string of the molecule is CC(C)(C)OC(=O)N1[C@H](CS(=O)(=O)C[C@@H]2O[C@H](COCc3ccccc3)[C@@H](OCc3ccccc3)[C@H](OCc3ccccc3)[C@H]2OCc2ccccc2)COC1(C)C. The van der Waals surface area contributed by atoms with Crippen molar-refractivity contribution in [3.63, 3.8) is 0 Å². The van der Waals surface area contributed by atoms with Gasteiger partial charge < -0.3 is 33.2 Å². The normalized spacial score (nSPS) is 23.4. The molecular formula is C46H57NO10S. The minimum atomic E-state index is -3.96. The highest BCUT2D eigenvalue weighted by Crippen LogP contribution is 2.34. The van der Waals surface area contributed by atoms with E-state index in [2.05, 4.69) is 0 Å². The Morgan fingerprint density at radius 3 is 1.55 bits per heavy atom. The van der Waals surface area contributed by atoms with Crippen LogP contribution in [0.1, 0.15) is 56.9 Å². The molecule has 2 fully saturated rings. The molecule has 0 bridgehead atoms. The van der Waals surface area contributed by atoms with E-state index in [4.69, 9.17) is 33.2 Å². The van der Waals surface area contributed by atoms with Crippen LogP contribution in [0.5, 0.6) is 0 Å². The summed E-state index contributed by atoms with van der Waals surface area (Å²) in [5.41, 5.74) is 1.91. The molecule has 0 spiro atoms. The Balaban J connectivity index is 1.33. The van der Waals surface area contributed by atoms with Crippen molar-refractivity contribution in [2.45, 2.75) is 109 Å². The van der Waals surface area contributed by atoms with E-state index in [1.807, 2.05) is 121 Å². The number of amides is 1. The second-order valence-electron chi connectivity index (χ2n) is 16.3. The van der Waals surface area contributed by atoms with E-state index in [9.17, 15) is 13.2 Å². The molecule has 12 heteroatoms. The maximum atomic E-state index is 14.4. The first-order valence-corrected chi connectivity index (χ1v) is 21.7. The van der Waals surface area contributed by atoms with Gasteiger partial charge in [-0.2, -0.15) is 0 Å². The van der Waals surface area contributed by atoms with E-state index < -0.39 is 69.6 Å². The number of rotatable bonds is 17. The predicted molar refractivity (Wildman–Crippen MR) is 220 cm³/mol. The highest BCUT2D eigenvalue weighted by atomic mass is 32.2. The summed E-state index contributed by atoms with van der Waals surface area (Å²) in [6.45, 7) is 9.84. The van der Waals surface area contributed by atoms with Crippen molar-refractivity contribution in [2.24, 2.45) is 0 Å². The number of hydrogen-bond acceptors (Lipinski definition) is 10. The molecule has 58 heavy (non-hydrogen) atoms. The van der Waals surface area contributed by atoms with Gasteiger partial charge in [-0.15, -0.1) is 0 Å². The summed E-state index contributed by atoms with van der Waals surface area (Å²) in [4.78, 5) is 14.8. The summed E-state index contributed by atoms with van der Waals surface area (Å²) in [5, 5.41) is 0. The zero-order chi connectivity index (χ0) is 41.2. The summed E-state index contributed by atoms with van der Waals surface area (Å²) in [6.07, 6.45) is -4.76. The molecule has 6 rings (SSSR count). The average molecular weight is 816 g/mol. The van der Waals surface area contributed by atoms with Crippen LogP contribution in [0.25, 0.3) is 0 Å². The van der Waals surface area contributed by atoms with E-state index in [1.165, 1.54) is 4.90 Å². The number of carbonyl (C=O) groups excluding carboxylic acids is 1. The molecule has 2 aliphatic rings. The van der Waals surface area contributed by atoms with Crippen LogP contribution in [0.4, 0.5) is 4.79 Å². The van der Waals surface area contributed by atoms with Crippen LogP contribution in [0.3, 0.4) is 0 Å². The smallest absolute Gasteiger partial charge is 0.412 e. The van der Waals surface area contributed by atoms with Crippen LogP contribution in [0.2, 0.25) is 0 Å². The van der Waals surface area contributed by atoms with Crippen LogP contribution in [0.15, 0.2) is 121 Å². The van der Waals surface area contributed by atoms with Crippen LogP contribution in [0, 0.1) is 0 Å². The molecule has 0 saturated carbocycles. The first-order valence-electron chi connectivity index (χ1n) is 19.9. The van der Waals surface area contributed by atoms with Crippen LogP contribution in [-0.2, 0) is 69.4 Å². The van der Waals surface area contributed by atoms with Gasteiger partial charge in [0.05, 0.1) is 57.2 Å². The first kappa shape index (κ1) is 43.4. The molecule has 0 aromatic heterocycles. The summed E-state index contributed by atoms with van der Waals surface area (Å²) in [6, 6.07) is 38.3. The van der Waals surface area contributed by atoms with Gasteiger partial charge in [-0.25, -0.2) is 13.2 Å². The maximum Gasteiger partial charge on any atom is 0.412 e. The van der Waals surface area contributed by atoms with Crippen molar-refractivity contribution in [1.29, 1.82) is 0 Å². The lowest BCUT2D eigenvalue weighted by atomic mass is 9.94. The Hall–Kier alpha value is -4.14. The Labute approximate surface area is 343 Å². The fraction of sp³-hybridized carbons (Fsp3) is 0.457. The van der Waals surface area contributed by atoms with Crippen LogP contribution in [-0.4, -0.2) is 92.0 Å². The highest BCUT2D eigenvalue weighted by molar-refractivity contribution is 7.91. The number of ether oxygens (including phenoxy) is 7. The molecule has 312 valence electrons. The molecule has 2 aliphatic heterocycles. The Kier molecular flexibility index (Phi) is 14.8. The number of benzene rings is 4.